The molecule has 1 atom stereocenters. The molecule has 0 radical (unpaired) electrons. The fourth-order valence-electron chi connectivity index (χ4n) is 2.67. The molecule has 1 amide bonds. The summed E-state index contributed by atoms with van der Waals surface area (Å²) >= 11 is 0. The maximum absolute atomic E-state index is 12.3. The fourth-order valence-corrected chi connectivity index (χ4v) is 2.67. The maximum Gasteiger partial charge on any atom is 0.261 e. The summed E-state index contributed by atoms with van der Waals surface area (Å²) in [6.07, 6.45) is 4.94. The van der Waals surface area contributed by atoms with Crippen LogP contribution in [0, 0.1) is 13.8 Å². The third kappa shape index (κ3) is 3.75. The molecule has 2 rings (SSSR count). The molecule has 110 valence electrons. The Balaban J connectivity index is 2.00. The van der Waals surface area contributed by atoms with Crippen molar-refractivity contribution in [2.75, 3.05) is 0 Å². The molecule has 20 heavy (non-hydrogen) atoms. The maximum atomic E-state index is 12.3. The predicted octanol–water partition coefficient (Wildman–Crippen LogP) is 3.52. The van der Waals surface area contributed by atoms with Crippen LogP contribution in [0.2, 0.25) is 0 Å². The van der Waals surface area contributed by atoms with Crippen molar-refractivity contribution in [2.45, 2.75) is 65.0 Å². The average Bonchev–Trinajstić information content (AvgIpc) is 2.92. The van der Waals surface area contributed by atoms with Crippen molar-refractivity contribution in [3.63, 3.8) is 0 Å². The number of benzene rings is 1. The summed E-state index contributed by atoms with van der Waals surface area (Å²) < 4.78 is 5.94. The Kier molecular flexibility index (Phi) is 5.05. The lowest BCUT2D eigenvalue weighted by Gasteiger charge is -2.21. The normalized spacial score (nSPS) is 16.9. The quantitative estimate of drug-likeness (QED) is 0.893. The summed E-state index contributed by atoms with van der Waals surface area (Å²) in [6.45, 7) is 6.03. The van der Waals surface area contributed by atoms with E-state index >= 15 is 0 Å². The third-order valence-electron chi connectivity index (χ3n) is 3.98. The van der Waals surface area contributed by atoms with Crippen LogP contribution in [0.1, 0.15) is 50.2 Å². The number of amides is 1. The molecule has 0 aliphatic heterocycles. The van der Waals surface area contributed by atoms with E-state index in [2.05, 4.69) is 11.4 Å². The van der Waals surface area contributed by atoms with E-state index in [1.807, 2.05) is 32.9 Å². The molecule has 1 N–H and O–H groups in total. The first-order valence-electron chi connectivity index (χ1n) is 7.64. The summed E-state index contributed by atoms with van der Waals surface area (Å²) in [7, 11) is 0. The van der Waals surface area contributed by atoms with Gasteiger partial charge in [0.25, 0.3) is 5.91 Å². The van der Waals surface area contributed by atoms with Gasteiger partial charge in [-0.25, -0.2) is 0 Å². The smallest absolute Gasteiger partial charge is 0.261 e. The van der Waals surface area contributed by atoms with E-state index in [4.69, 9.17) is 4.74 Å². The number of hydrogen-bond acceptors (Lipinski definition) is 2. The Morgan fingerprint density at radius 1 is 1.35 bits per heavy atom. The minimum atomic E-state index is -0.392. The standard InChI is InChI=1S/C17H25NO2/c1-4-15(17(19)18-14-7-5-6-8-14)20-16-11-12(2)9-10-13(16)3/h9-11,14-15H,4-8H2,1-3H3,(H,18,19)/t15-/m1/s1. The van der Waals surface area contributed by atoms with Gasteiger partial charge in [0.05, 0.1) is 0 Å². The first-order valence-corrected chi connectivity index (χ1v) is 7.64. The highest BCUT2D eigenvalue weighted by atomic mass is 16.5. The predicted molar refractivity (Wildman–Crippen MR) is 81.0 cm³/mol. The number of nitrogens with one attached hydrogen (secondary N) is 1. The molecule has 0 unspecified atom stereocenters. The molecule has 1 aromatic carbocycles. The highest BCUT2D eigenvalue weighted by molar-refractivity contribution is 5.81. The van der Waals surface area contributed by atoms with Crippen molar-refractivity contribution < 1.29 is 9.53 Å². The van der Waals surface area contributed by atoms with Gasteiger partial charge in [0.15, 0.2) is 6.10 Å². The lowest BCUT2D eigenvalue weighted by Crippen LogP contribution is -2.42. The zero-order valence-electron chi connectivity index (χ0n) is 12.7. The Morgan fingerprint density at radius 2 is 2.05 bits per heavy atom. The molecule has 3 heteroatoms. The molecule has 0 heterocycles. The summed E-state index contributed by atoms with van der Waals surface area (Å²) in [5.74, 6) is 0.846. The molecule has 0 spiro atoms. The molecular formula is C17H25NO2. The Hall–Kier alpha value is -1.51. The molecule has 0 saturated heterocycles. The van der Waals surface area contributed by atoms with E-state index in [1.165, 1.54) is 12.8 Å². The van der Waals surface area contributed by atoms with Crippen molar-refractivity contribution in [1.29, 1.82) is 0 Å². The van der Waals surface area contributed by atoms with Crippen molar-refractivity contribution in [1.82, 2.24) is 5.32 Å². The number of ether oxygens (including phenoxy) is 1. The van der Waals surface area contributed by atoms with Crippen molar-refractivity contribution in [3.05, 3.63) is 29.3 Å². The van der Waals surface area contributed by atoms with Crippen LogP contribution in [0.4, 0.5) is 0 Å². The molecule has 0 aromatic heterocycles. The van der Waals surface area contributed by atoms with E-state index in [0.717, 1.165) is 29.7 Å². The second kappa shape index (κ2) is 6.78. The Morgan fingerprint density at radius 3 is 2.70 bits per heavy atom. The van der Waals surface area contributed by atoms with Gasteiger partial charge in [-0.3, -0.25) is 4.79 Å². The van der Waals surface area contributed by atoms with E-state index < -0.39 is 6.10 Å². The Bertz CT molecular complexity index is 464. The summed E-state index contributed by atoms with van der Waals surface area (Å²) in [4.78, 5) is 12.3. The zero-order valence-corrected chi connectivity index (χ0v) is 12.7. The van der Waals surface area contributed by atoms with Gasteiger partial charge in [0.1, 0.15) is 5.75 Å². The molecular weight excluding hydrogens is 250 g/mol. The van der Waals surface area contributed by atoms with Crippen molar-refractivity contribution in [3.8, 4) is 5.75 Å². The van der Waals surface area contributed by atoms with Crippen LogP contribution in [0.3, 0.4) is 0 Å². The first-order chi connectivity index (χ1) is 9.60. The zero-order chi connectivity index (χ0) is 14.5. The lowest BCUT2D eigenvalue weighted by molar-refractivity contribution is -0.128. The SMILES string of the molecule is CC[C@@H](Oc1cc(C)ccc1C)C(=O)NC1CCCC1. The minimum absolute atomic E-state index is 0.0281. The van der Waals surface area contributed by atoms with E-state index in [1.54, 1.807) is 0 Å². The van der Waals surface area contributed by atoms with Crippen LogP contribution in [-0.4, -0.2) is 18.1 Å². The number of rotatable bonds is 5. The van der Waals surface area contributed by atoms with Gasteiger partial charge in [-0.15, -0.1) is 0 Å². The number of hydrogen-bond donors (Lipinski definition) is 1. The van der Waals surface area contributed by atoms with Crippen LogP contribution in [0.5, 0.6) is 5.75 Å². The highest BCUT2D eigenvalue weighted by Crippen LogP contribution is 2.22. The van der Waals surface area contributed by atoms with Crippen LogP contribution in [0.15, 0.2) is 18.2 Å². The van der Waals surface area contributed by atoms with Crippen LogP contribution >= 0.6 is 0 Å². The van der Waals surface area contributed by atoms with Gasteiger partial charge in [0.2, 0.25) is 0 Å². The van der Waals surface area contributed by atoms with Crippen LogP contribution < -0.4 is 10.1 Å². The van der Waals surface area contributed by atoms with Gasteiger partial charge >= 0.3 is 0 Å². The summed E-state index contributed by atoms with van der Waals surface area (Å²) in [5.41, 5.74) is 2.22. The van der Waals surface area contributed by atoms with E-state index in [0.29, 0.717) is 12.5 Å². The van der Waals surface area contributed by atoms with Gasteiger partial charge in [-0.05, 0) is 50.3 Å². The second-order valence-corrected chi connectivity index (χ2v) is 5.77. The molecule has 1 fully saturated rings. The van der Waals surface area contributed by atoms with Gasteiger partial charge in [-0.2, -0.15) is 0 Å². The van der Waals surface area contributed by atoms with Gasteiger partial charge in [0, 0.05) is 6.04 Å². The second-order valence-electron chi connectivity index (χ2n) is 5.77. The molecule has 1 aromatic rings. The number of carbonyl (C=O) groups excluding carboxylic acids is 1. The first kappa shape index (κ1) is 14.9. The highest BCUT2D eigenvalue weighted by Gasteiger charge is 2.23. The largest absolute Gasteiger partial charge is 0.480 e. The molecule has 1 aliphatic carbocycles. The summed E-state index contributed by atoms with van der Waals surface area (Å²) in [5, 5.41) is 3.12. The van der Waals surface area contributed by atoms with E-state index in [-0.39, 0.29) is 5.91 Å². The molecule has 1 aliphatic rings. The third-order valence-corrected chi connectivity index (χ3v) is 3.98. The monoisotopic (exact) mass is 275 g/mol. The topological polar surface area (TPSA) is 38.3 Å². The molecule has 1 saturated carbocycles. The minimum Gasteiger partial charge on any atom is -0.480 e. The van der Waals surface area contributed by atoms with Crippen molar-refractivity contribution >= 4 is 5.91 Å². The average molecular weight is 275 g/mol. The van der Waals surface area contributed by atoms with Crippen molar-refractivity contribution in [2.24, 2.45) is 0 Å². The van der Waals surface area contributed by atoms with Crippen LogP contribution in [-0.2, 0) is 4.79 Å². The van der Waals surface area contributed by atoms with Gasteiger partial charge in [-0.1, -0.05) is 31.9 Å². The number of carbonyl (C=O) groups is 1. The van der Waals surface area contributed by atoms with Crippen LogP contribution in [0.25, 0.3) is 0 Å². The number of aryl methyl sites for hydroxylation is 2. The molecule has 3 nitrogen and oxygen atoms in total. The fraction of sp³-hybridized carbons (Fsp3) is 0.588. The summed E-state index contributed by atoms with van der Waals surface area (Å²) in [6, 6.07) is 6.44. The Labute approximate surface area is 121 Å². The van der Waals surface area contributed by atoms with E-state index in [9.17, 15) is 4.79 Å². The van der Waals surface area contributed by atoms with Gasteiger partial charge < -0.3 is 10.1 Å². The lowest BCUT2D eigenvalue weighted by atomic mass is 10.1. The molecule has 0 bridgehead atoms.